The van der Waals surface area contributed by atoms with Crippen LogP contribution in [-0.2, 0) is 11.3 Å². The van der Waals surface area contributed by atoms with Crippen LogP contribution in [0.5, 0.6) is 0 Å². The highest BCUT2D eigenvalue weighted by molar-refractivity contribution is 5.69. The number of nitrogens with zero attached hydrogens (tertiary/aromatic N) is 2. The second-order valence-corrected chi connectivity index (χ2v) is 5.80. The van der Waals surface area contributed by atoms with Gasteiger partial charge in [0.15, 0.2) is 0 Å². The molecule has 0 bridgehead atoms. The Morgan fingerprint density at radius 2 is 1.58 bits per heavy atom. The first-order valence-corrected chi connectivity index (χ1v) is 7.96. The first-order chi connectivity index (χ1) is 11.8. The van der Waals surface area contributed by atoms with Crippen molar-refractivity contribution in [1.82, 2.24) is 9.38 Å². The molecule has 2 aromatic carbocycles. The summed E-state index contributed by atoms with van der Waals surface area (Å²) in [5.41, 5.74) is 6.60. The smallest absolute Gasteiger partial charge is 0.137 e. The van der Waals surface area contributed by atoms with Crippen LogP contribution in [0, 0.1) is 0 Å². The van der Waals surface area contributed by atoms with Gasteiger partial charge in [0, 0.05) is 25.1 Å². The predicted molar refractivity (Wildman–Crippen MR) is 96.8 cm³/mol. The van der Waals surface area contributed by atoms with Gasteiger partial charge in [-0.2, -0.15) is 0 Å². The van der Waals surface area contributed by atoms with Crippen LogP contribution in [0.3, 0.4) is 0 Å². The lowest BCUT2D eigenvalue weighted by molar-refractivity contribution is 0.185. The average molecular weight is 314 g/mol. The number of aromatic nitrogens is 2. The largest absolute Gasteiger partial charge is 0.380 e. The zero-order valence-corrected chi connectivity index (χ0v) is 13.5. The van der Waals surface area contributed by atoms with Gasteiger partial charge in [-0.1, -0.05) is 54.6 Å². The SMILES string of the molecule is COCc1ccn2cc(-c3ccc(-c4ccccc4)cc3)nc2c1. The minimum absolute atomic E-state index is 0.602. The number of benzene rings is 2. The minimum Gasteiger partial charge on any atom is -0.380 e. The van der Waals surface area contributed by atoms with Crippen LogP contribution in [0.4, 0.5) is 0 Å². The molecule has 0 radical (unpaired) electrons. The number of hydrogen-bond acceptors (Lipinski definition) is 2. The van der Waals surface area contributed by atoms with E-state index in [1.807, 2.05) is 16.7 Å². The van der Waals surface area contributed by atoms with E-state index in [0.717, 1.165) is 22.5 Å². The molecule has 0 aliphatic heterocycles. The Hall–Kier alpha value is -2.91. The van der Waals surface area contributed by atoms with Crippen molar-refractivity contribution in [2.45, 2.75) is 6.61 Å². The van der Waals surface area contributed by atoms with Gasteiger partial charge in [-0.3, -0.25) is 0 Å². The molecule has 0 saturated carbocycles. The lowest BCUT2D eigenvalue weighted by atomic mass is 10.0. The third kappa shape index (κ3) is 2.82. The molecule has 4 aromatic rings. The number of rotatable bonds is 4. The second-order valence-electron chi connectivity index (χ2n) is 5.80. The zero-order chi connectivity index (χ0) is 16.4. The van der Waals surface area contributed by atoms with Crippen molar-refractivity contribution in [1.29, 1.82) is 0 Å². The maximum atomic E-state index is 5.19. The fraction of sp³-hybridized carbons (Fsp3) is 0.0952. The number of ether oxygens (including phenoxy) is 1. The molecule has 0 spiro atoms. The van der Waals surface area contributed by atoms with E-state index in [9.17, 15) is 0 Å². The van der Waals surface area contributed by atoms with Crippen LogP contribution in [0.25, 0.3) is 28.0 Å². The monoisotopic (exact) mass is 314 g/mol. The highest BCUT2D eigenvalue weighted by Crippen LogP contribution is 2.24. The fourth-order valence-electron chi connectivity index (χ4n) is 2.88. The summed E-state index contributed by atoms with van der Waals surface area (Å²) in [6, 6.07) is 23.1. The van der Waals surface area contributed by atoms with Gasteiger partial charge in [0.25, 0.3) is 0 Å². The molecule has 118 valence electrons. The topological polar surface area (TPSA) is 26.5 Å². The molecule has 0 atom stereocenters. The van der Waals surface area contributed by atoms with E-state index < -0.39 is 0 Å². The Bertz CT molecular complexity index is 956. The van der Waals surface area contributed by atoms with Gasteiger partial charge in [0.05, 0.1) is 12.3 Å². The predicted octanol–water partition coefficient (Wildman–Crippen LogP) is 4.81. The fourth-order valence-corrected chi connectivity index (χ4v) is 2.88. The summed E-state index contributed by atoms with van der Waals surface area (Å²) in [7, 11) is 1.70. The van der Waals surface area contributed by atoms with Crippen LogP contribution in [-0.4, -0.2) is 16.5 Å². The Labute approximate surface area is 141 Å². The summed E-state index contributed by atoms with van der Waals surface area (Å²) in [5.74, 6) is 0. The van der Waals surface area contributed by atoms with Crippen molar-refractivity contribution in [2.24, 2.45) is 0 Å². The van der Waals surface area contributed by atoms with E-state index in [0.29, 0.717) is 6.61 Å². The summed E-state index contributed by atoms with van der Waals surface area (Å²) < 4.78 is 7.23. The molecule has 4 rings (SSSR count). The molecule has 24 heavy (non-hydrogen) atoms. The van der Waals surface area contributed by atoms with Crippen molar-refractivity contribution < 1.29 is 4.74 Å². The Morgan fingerprint density at radius 3 is 2.33 bits per heavy atom. The summed E-state index contributed by atoms with van der Waals surface area (Å²) in [4.78, 5) is 4.74. The lowest BCUT2D eigenvalue weighted by Crippen LogP contribution is -1.90. The molecule has 0 aliphatic rings. The summed E-state index contributed by atoms with van der Waals surface area (Å²) in [6.07, 6.45) is 4.09. The number of methoxy groups -OCH3 is 1. The van der Waals surface area contributed by atoms with Gasteiger partial charge in [0.1, 0.15) is 5.65 Å². The minimum atomic E-state index is 0.602. The quantitative estimate of drug-likeness (QED) is 0.540. The molecule has 0 amide bonds. The van der Waals surface area contributed by atoms with E-state index in [2.05, 4.69) is 66.9 Å². The van der Waals surface area contributed by atoms with E-state index in [1.54, 1.807) is 7.11 Å². The van der Waals surface area contributed by atoms with Gasteiger partial charge >= 0.3 is 0 Å². The van der Waals surface area contributed by atoms with E-state index >= 15 is 0 Å². The first-order valence-electron chi connectivity index (χ1n) is 7.96. The molecule has 2 heterocycles. The lowest BCUT2D eigenvalue weighted by Gasteiger charge is -2.02. The van der Waals surface area contributed by atoms with Gasteiger partial charge < -0.3 is 9.14 Å². The van der Waals surface area contributed by atoms with Crippen molar-refractivity contribution in [3.8, 4) is 22.4 Å². The summed E-state index contributed by atoms with van der Waals surface area (Å²) in [5, 5.41) is 0. The molecule has 0 N–H and O–H groups in total. The van der Waals surface area contributed by atoms with Crippen LogP contribution >= 0.6 is 0 Å². The number of fused-ring (bicyclic) bond motifs is 1. The van der Waals surface area contributed by atoms with Crippen molar-refractivity contribution >= 4 is 5.65 Å². The first kappa shape index (κ1) is 14.7. The molecule has 0 unspecified atom stereocenters. The Balaban J connectivity index is 1.67. The average Bonchev–Trinajstić information content (AvgIpc) is 3.06. The van der Waals surface area contributed by atoms with Crippen LogP contribution in [0.2, 0.25) is 0 Å². The van der Waals surface area contributed by atoms with Gasteiger partial charge in [0.2, 0.25) is 0 Å². The normalized spacial score (nSPS) is 11.0. The highest BCUT2D eigenvalue weighted by Gasteiger charge is 2.06. The Morgan fingerprint density at radius 1 is 0.875 bits per heavy atom. The highest BCUT2D eigenvalue weighted by atomic mass is 16.5. The van der Waals surface area contributed by atoms with Crippen molar-refractivity contribution in [3.63, 3.8) is 0 Å². The van der Waals surface area contributed by atoms with E-state index in [4.69, 9.17) is 9.72 Å². The van der Waals surface area contributed by atoms with Crippen LogP contribution in [0.1, 0.15) is 5.56 Å². The van der Waals surface area contributed by atoms with E-state index in [-0.39, 0.29) is 0 Å². The van der Waals surface area contributed by atoms with Gasteiger partial charge in [-0.25, -0.2) is 4.98 Å². The standard InChI is InChI=1S/C21H18N2O/c1-24-15-16-11-12-23-14-20(22-21(23)13-16)19-9-7-18(8-10-19)17-5-3-2-4-6-17/h2-14H,15H2,1H3. The zero-order valence-electron chi connectivity index (χ0n) is 13.5. The molecule has 0 fully saturated rings. The number of imidazole rings is 1. The van der Waals surface area contributed by atoms with E-state index in [1.165, 1.54) is 11.1 Å². The maximum absolute atomic E-state index is 5.19. The van der Waals surface area contributed by atoms with Crippen molar-refractivity contribution in [2.75, 3.05) is 7.11 Å². The molecule has 0 aliphatic carbocycles. The van der Waals surface area contributed by atoms with Gasteiger partial charge in [-0.05, 0) is 28.8 Å². The molecule has 2 aromatic heterocycles. The molecular formula is C21H18N2O. The number of pyridine rings is 1. The second kappa shape index (κ2) is 6.30. The third-order valence-electron chi connectivity index (χ3n) is 4.12. The third-order valence-corrected chi connectivity index (χ3v) is 4.12. The molecular weight excluding hydrogens is 296 g/mol. The van der Waals surface area contributed by atoms with Crippen LogP contribution < -0.4 is 0 Å². The van der Waals surface area contributed by atoms with Crippen LogP contribution in [0.15, 0.2) is 79.1 Å². The van der Waals surface area contributed by atoms with Crippen molar-refractivity contribution in [3.05, 3.63) is 84.7 Å². The maximum Gasteiger partial charge on any atom is 0.137 e. The van der Waals surface area contributed by atoms with Gasteiger partial charge in [-0.15, -0.1) is 0 Å². The summed E-state index contributed by atoms with van der Waals surface area (Å²) >= 11 is 0. The molecule has 3 heteroatoms. The summed E-state index contributed by atoms with van der Waals surface area (Å²) in [6.45, 7) is 0.602. The molecule has 0 saturated heterocycles. The Kier molecular flexibility index (Phi) is 3.85. The molecule has 3 nitrogen and oxygen atoms in total. The number of hydrogen-bond donors (Lipinski definition) is 0.